The van der Waals surface area contributed by atoms with Gasteiger partial charge in [-0.3, -0.25) is 0 Å². The first-order valence-corrected chi connectivity index (χ1v) is 5.06. The van der Waals surface area contributed by atoms with Crippen LogP contribution in [0.25, 0.3) is 0 Å². The van der Waals surface area contributed by atoms with E-state index >= 15 is 0 Å². The Kier molecular flexibility index (Phi) is 3.35. The molecule has 0 aliphatic rings. The number of carboxylic acid groups (broad SMARTS) is 1. The Morgan fingerprint density at radius 3 is 2.27 bits per heavy atom. The monoisotopic (exact) mass is 207 g/mol. The molecular formula is C12H17NO2. The molecule has 0 atom stereocenters. The van der Waals surface area contributed by atoms with Crippen molar-refractivity contribution in [2.24, 2.45) is 0 Å². The maximum atomic E-state index is 10.9. The molecule has 0 aromatic heterocycles. The summed E-state index contributed by atoms with van der Waals surface area (Å²) in [6, 6.07) is 7.81. The molecule has 3 heteroatoms. The summed E-state index contributed by atoms with van der Waals surface area (Å²) in [6.07, 6.45) is 0.989. The lowest BCUT2D eigenvalue weighted by atomic mass is 10.1. The van der Waals surface area contributed by atoms with Gasteiger partial charge >= 0.3 is 5.97 Å². The van der Waals surface area contributed by atoms with Gasteiger partial charge < -0.3 is 10.4 Å². The first kappa shape index (κ1) is 11.6. The molecule has 1 aromatic rings. The predicted octanol–water partition coefficient (Wildman–Crippen LogP) is 2.52. The van der Waals surface area contributed by atoms with Crippen LogP contribution in [0.1, 0.15) is 26.3 Å². The van der Waals surface area contributed by atoms with E-state index in [0.717, 1.165) is 12.1 Å². The molecule has 3 nitrogen and oxygen atoms in total. The fourth-order valence-corrected chi connectivity index (χ4v) is 1.24. The molecule has 0 amide bonds. The van der Waals surface area contributed by atoms with E-state index < -0.39 is 11.5 Å². The van der Waals surface area contributed by atoms with E-state index in [1.54, 1.807) is 13.8 Å². The summed E-state index contributed by atoms with van der Waals surface area (Å²) >= 11 is 0. The van der Waals surface area contributed by atoms with Crippen LogP contribution in [0, 0.1) is 0 Å². The Labute approximate surface area is 90.1 Å². The molecule has 0 fully saturated rings. The summed E-state index contributed by atoms with van der Waals surface area (Å²) in [7, 11) is 0. The molecule has 0 bridgehead atoms. The van der Waals surface area contributed by atoms with Crippen molar-refractivity contribution in [1.29, 1.82) is 0 Å². The second-order valence-electron chi connectivity index (χ2n) is 4.11. The highest BCUT2D eigenvalue weighted by molar-refractivity contribution is 5.81. The van der Waals surface area contributed by atoms with Gasteiger partial charge in [0, 0.05) is 5.69 Å². The van der Waals surface area contributed by atoms with Gasteiger partial charge in [0.15, 0.2) is 0 Å². The van der Waals surface area contributed by atoms with E-state index in [9.17, 15) is 4.79 Å². The van der Waals surface area contributed by atoms with E-state index in [1.807, 2.05) is 24.3 Å². The molecule has 1 aromatic carbocycles. The summed E-state index contributed by atoms with van der Waals surface area (Å²) in [6.45, 7) is 5.37. The molecule has 0 radical (unpaired) electrons. The Hall–Kier alpha value is -1.51. The molecule has 0 saturated carbocycles. The second kappa shape index (κ2) is 4.34. The quantitative estimate of drug-likeness (QED) is 0.797. The summed E-state index contributed by atoms with van der Waals surface area (Å²) in [4.78, 5) is 10.9. The van der Waals surface area contributed by atoms with E-state index in [4.69, 9.17) is 5.11 Å². The maximum Gasteiger partial charge on any atom is 0.328 e. The average Bonchev–Trinajstić information content (AvgIpc) is 2.18. The zero-order chi connectivity index (χ0) is 11.5. The largest absolute Gasteiger partial charge is 0.480 e. The molecule has 0 heterocycles. The number of nitrogens with one attached hydrogen (secondary N) is 1. The first-order chi connectivity index (χ1) is 6.95. The van der Waals surface area contributed by atoms with Crippen molar-refractivity contribution >= 4 is 11.7 Å². The van der Waals surface area contributed by atoms with Crippen molar-refractivity contribution in [2.45, 2.75) is 32.7 Å². The topological polar surface area (TPSA) is 49.3 Å². The van der Waals surface area contributed by atoms with Crippen molar-refractivity contribution in [3.8, 4) is 0 Å². The Balaban J connectivity index is 2.77. The van der Waals surface area contributed by atoms with Crippen LogP contribution in [0.3, 0.4) is 0 Å². The number of hydrogen-bond acceptors (Lipinski definition) is 2. The van der Waals surface area contributed by atoms with Crippen LogP contribution < -0.4 is 5.32 Å². The van der Waals surface area contributed by atoms with Crippen molar-refractivity contribution in [3.63, 3.8) is 0 Å². The molecule has 15 heavy (non-hydrogen) atoms. The lowest BCUT2D eigenvalue weighted by molar-refractivity contribution is -0.141. The van der Waals surface area contributed by atoms with E-state index in [2.05, 4.69) is 12.2 Å². The van der Waals surface area contributed by atoms with Gasteiger partial charge in [-0.25, -0.2) is 4.79 Å². The standard InChI is InChI=1S/C12H17NO2/c1-4-9-5-7-10(8-6-9)13-12(2,3)11(14)15/h5-8,13H,4H2,1-3H3,(H,14,15). The zero-order valence-corrected chi connectivity index (χ0v) is 9.37. The summed E-state index contributed by atoms with van der Waals surface area (Å²) < 4.78 is 0. The molecule has 1 rings (SSSR count). The SMILES string of the molecule is CCc1ccc(NC(C)(C)C(=O)O)cc1. The van der Waals surface area contributed by atoms with Gasteiger partial charge in [0.2, 0.25) is 0 Å². The Morgan fingerprint density at radius 2 is 1.87 bits per heavy atom. The van der Waals surface area contributed by atoms with Gasteiger partial charge in [-0.1, -0.05) is 19.1 Å². The van der Waals surface area contributed by atoms with Gasteiger partial charge in [0.25, 0.3) is 0 Å². The van der Waals surface area contributed by atoms with E-state index in [0.29, 0.717) is 0 Å². The highest BCUT2D eigenvalue weighted by Crippen LogP contribution is 2.16. The molecule has 82 valence electrons. The average molecular weight is 207 g/mol. The van der Waals surface area contributed by atoms with E-state index in [-0.39, 0.29) is 0 Å². The minimum atomic E-state index is -0.937. The van der Waals surface area contributed by atoms with Crippen molar-refractivity contribution in [3.05, 3.63) is 29.8 Å². The molecule has 0 aliphatic heterocycles. The number of aliphatic carboxylic acids is 1. The Morgan fingerprint density at radius 1 is 1.33 bits per heavy atom. The van der Waals surface area contributed by atoms with Crippen molar-refractivity contribution < 1.29 is 9.90 Å². The maximum absolute atomic E-state index is 10.9. The first-order valence-electron chi connectivity index (χ1n) is 5.06. The number of rotatable bonds is 4. The number of carbonyl (C=O) groups is 1. The number of aryl methyl sites for hydroxylation is 1. The second-order valence-corrected chi connectivity index (χ2v) is 4.11. The smallest absolute Gasteiger partial charge is 0.328 e. The number of carboxylic acids is 1. The molecule has 0 saturated heterocycles. The Bertz CT molecular complexity index is 341. The molecule has 0 unspecified atom stereocenters. The van der Waals surface area contributed by atoms with Crippen LogP contribution in [0.15, 0.2) is 24.3 Å². The van der Waals surface area contributed by atoms with Crippen molar-refractivity contribution in [2.75, 3.05) is 5.32 Å². The lowest BCUT2D eigenvalue weighted by Gasteiger charge is -2.22. The van der Waals surface area contributed by atoms with Gasteiger partial charge in [-0.05, 0) is 38.0 Å². The van der Waals surface area contributed by atoms with Crippen molar-refractivity contribution in [1.82, 2.24) is 0 Å². The minimum Gasteiger partial charge on any atom is -0.480 e. The van der Waals surface area contributed by atoms with Gasteiger partial charge in [0.05, 0.1) is 0 Å². The highest BCUT2D eigenvalue weighted by atomic mass is 16.4. The minimum absolute atomic E-state index is 0.833. The summed E-state index contributed by atoms with van der Waals surface area (Å²) in [5.41, 5.74) is 1.14. The summed E-state index contributed by atoms with van der Waals surface area (Å²) in [5, 5.41) is 11.9. The van der Waals surface area contributed by atoms with Gasteiger partial charge in [0.1, 0.15) is 5.54 Å². The van der Waals surface area contributed by atoms with E-state index in [1.165, 1.54) is 5.56 Å². The van der Waals surface area contributed by atoms with Crippen LogP contribution in [0.4, 0.5) is 5.69 Å². The third kappa shape index (κ3) is 2.98. The van der Waals surface area contributed by atoms with Crippen LogP contribution in [0.2, 0.25) is 0 Å². The normalized spacial score (nSPS) is 11.1. The molecular weight excluding hydrogens is 190 g/mol. The van der Waals surface area contributed by atoms with Gasteiger partial charge in [-0.2, -0.15) is 0 Å². The van der Waals surface area contributed by atoms with Crippen LogP contribution >= 0.6 is 0 Å². The number of hydrogen-bond donors (Lipinski definition) is 2. The fraction of sp³-hybridized carbons (Fsp3) is 0.417. The predicted molar refractivity (Wildman–Crippen MR) is 61.2 cm³/mol. The fourth-order valence-electron chi connectivity index (χ4n) is 1.24. The number of benzene rings is 1. The van der Waals surface area contributed by atoms with Crippen LogP contribution in [-0.2, 0) is 11.2 Å². The lowest BCUT2D eigenvalue weighted by Crippen LogP contribution is -2.39. The third-order valence-corrected chi connectivity index (χ3v) is 2.35. The van der Waals surface area contributed by atoms with Crippen LogP contribution in [0.5, 0.6) is 0 Å². The molecule has 0 aliphatic carbocycles. The summed E-state index contributed by atoms with van der Waals surface area (Å²) in [5.74, 6) is -0.859. The highest BCUT2D eigenvalue weighted by Gasteiger charge is 2.26. The zero-order valence-electron chi connectivity index (χ0n) is 9.37. The number of anilines is 1. The van der Waals surface area contributed by atoms with Crippen LogP contribution in [-0.4, -0.2) is 16.6 Å². The molecule has 2 N–H and O–H groups in total. The third-order valence-electron chi connectivity index (χ3n) is 2.35. The molecule has 0 spiro atoms. The van der Waals surface area contributed by atoms with Gasteiger partial charge in [-0.15, -0.1) is 0 Å².